The molecule has 1 aromatic carbocycles. The van der Waals surface area contributed by atoms with Crippen LogP contribution in [0.5, 0.6) is 0 Å². The van der Waals surface area contributed by atoms with Gasteiger partial charge in [0.15, 0.2) is 0 Å². The van der Waals surface area contributed by atoms with E-state index in [0.29, 0.717) is 19.4 Å². The number of carbonyl (C=O) groups is 3. The summed E-state index contributed by atoms with van der Waals surface area (Å²) < 4.78 is 15.9. The second-order valence-electron chi connectivity index (χ2n) is 8.21. The minimum atomic E-state index is -0.666. The molecule has 0 bridgehead atoms. The second kappa shape index (κ2) is 10.8. The molecule has 0 saturated carbocycles. The molecule has 0 aromatic heterocycles. The van der Waals surface area contributed by atoms with Gasteiger partial charge in [0.1, 0.15) is 12.2 Å². The first-order valence-electron chi connectivity index (χ1n) is 10.3. The zero-order valence-corrected chi connectivity index (χ0v) is 18.2. The number of esters is 1. The van der Waals surface area contributed by atoms with Gasteiger partial charge in [-0.3, -0.25) is 4.79 Å². The molecule has 0 unspecified atom stereocenters. The van der Waals surface area contributed by atoms with Crippen LogP contribution in [0.4, 0.5) is 9.59 Å². The molecule has 0 aliphatic carbocycles. The van der Waals surface area contributed by atoms with Crippen LogP contribution in [0.2, 0.25) is 0 Å². The standard InChI is InChI=1S/C22H32N2O6/c1-5-28-19(25)14-18-17(12-9-13-24(18)21(27)30-22(2,3)4)23-20(26)29-15-16-10-7-6-8-11-16/h6-8,10-11,17-18H,5,9,12-15H2,1-4H3,(H,23,26)/t17-,18+/m0/s1. The van der Waals surface area contributed by atoms with Crippen molar-refractivity contribution in [2.45, 2.75) is 71.2 Å². The zero-order chi connectivity index (χ0) is 22.1. The van der Waals surface area contributed by atoms with E-state index in [1.54, 1.807) is 27.7 Å². The van der Waals surface area contributed by atoms with Crippen molar-refractivity contribution in [3.8, 4) is 0 Å². The Labute approximate surface area is 177 Å². The summed E-state index contributed by atoms with van der Waals surface area (Å²) in [6.45, 7) is 7.90. The van der Waals surface area contributed by atoms with Crippen molar-refractivity contribution < 1.29 is 28.6 Å². The molecule has 166 valence electrons. The van der Waals surface area contributed by atoms with Crippen LogP contribution in [-0.4, -0.2) is 53.9 Å². The number of piperidine rings is 1. The predicted molar refractivity (Wildman–Crippen MR) is 111 cm³/mol. The number of ether oxygens (including phenoxy) is 3. The van der Waals surface area contributed by atoms with Gasteiger partial charge >= 0.3 is 18.2 Å². The first-order chi connectivity index (χ1) is 14.2. The van der Waals surface area contributed by atoms with Gasteiger partial charge in [-0.05, 0) is 46.1 Å². The second-order valence-corrected chi connectivity index (χ2v) is 8.21. The van der Waals surface area contributed by atoms with E-state index >= 15 is 0 Å². The Morgan fingerprint density at radius 1 is 1.13 bits per heavy atom. The monoisotopic (exact) mass is 420 g/mol. The van der Waals surface area contributed by atoms with Crippen molar-refractivity contribution >= 4 is 18.2 Å². The van der Waals surface area contributed by atoms with Crippen LogP contribution in [0.15, 0.2) is 30.3 Å². The van der Waals surface area contributed by atoms with Gasteiger partial charge in [-0.25, -0.2) is 9.59 Å². The number of amides is 2. The van der Waals surface area contributed by atoms with Crippen molar-refractivity contribution in [3.63, 3.8) is 0 Å². The summed E-state index contributed by atoms with van der Waals surface area (Å²) in [5.74, 6) is -0.428. The van der Waals surface area contributed by atoms with Gasteiger partial charge in [0.05, 0.1) is 25.1 Å². The third kappa shape index (κ3) is 7.57. The summed E-state index contributed by atoms with van der Waals surface area (Å²) >= 11 is 0. The van der Waals surface area contributed by atoms with Gasteiger partial charge in [0.25, 0.3) is 0 Å². The average molecular weight is 421 g/mol. The molecule has 1 fully saturated rings. The normalized spacial score (nSPS) is 19.0. The van der Waals surface area contributed by atoms with E-state index in [1.165, 1.54) is 4.90 Å². The van der Waals surface area contributed by atoms with Crippen LogP contribution >= 0.6 is 0 Å². The van der Waals surface area contributed by atoms with Crippen molar-refractivity contribution in [1.82, 2.24) is 10.2 Å². The van der Waals surface area contributed by atoms with Crippen molar-refractivity contribution in [1.29, 1.82) is 0 Å². The maximum Gasteiger partial charge on any atom is 0.410 e. The Morgan fingerprint density at radius 2 is 1.83 bits per heavy atom. The number of hydrogen-bond acceptors (Lipinski definition) is 6. The molecule has 1 N–H and O–H groups in total. The molecular weight excluding hydrogens is 388 g/mol. The summed E-state index contributed by atoms with van der Waals surface area (Å²) in [4.78, 5) is 38.7. The number of nitrogens with zero attached hydrogens (tertiary/aromatic N) is 1. The molecule has 1 aliphatic heterocycles. The number of hydrogen-bond donors (Lipinski definition) is 1. The van der Waals surface area contributed by atoms with Crippen molar-refractivity contribution in [3.05, 3.63) is 35.9 Å². The molecule has 2 rings (SSSR count). The van der Waals surface area contributed by atoms with Crippen LogP contribution in [-0.2, 0) is 25.6 Å². The maximum absolute atomic E-state index is 12.7. The fraction of sp³-hybridized carbons (Fsp3) is 0.591. The van der Waals surface area contributed by atoms with Crippen LogP contribution in [0.3, 0.4) is 0 Å². The van der Waals surface area contributed by atoms with E-state index in [9.17, 15) is 14.4 Å². The average Bonchev–Trinajstić information content (AvgIpc) is 2.67. The highest BCUT2D eigenvalue weighted by Gasteiger charge is 2.39. The quantitative estimate of drug-likeness (QED) is 0.558. The first-order valence-corrected chi connectivity index (χ1v) is 10.3. The molecule has 2 amide bonds. The molecule has 30 heavy (non-hydrogen) atoms. The molecule has 0 spiro atoms. The number of rotatable bonds is 6. The zero-order valence-electron chi connectivity index (χ0n) is 18.2. The smallest absolute Gasteiger partial charge is 0.410 e. The fourth-order valence-electron chi connectivity index (χ4n) is 3.33. The van der Waals surface area contributed by atoms with Crippen LogP contribution < -0.4 is 5.32 Å². The van der Waals surface area contributed by atoms with Gasteiger partial charge in [0.2, 0.25) is 0 Å². The molecule has 1 aliphatic rings. The fourth-order valence-corrected chi connectivity index (χ4v) is 3.33. The SMILES string of the molecule is CCOC(=O)C[C@@H]1[C@@H](NC(=O)OCc2ccccc2)CCCN1C(=O)OC(C)(C)C. The Kier molecular flexibility index (Phi) is 8.50. The molecule has 1 saturated heterocycles. The lowest BCUT2D eigenvalue weighted by molar-refractivity contribution is -0.145. The van der Waals surface area contributed by atoms with E-state index in [0.717, 1.165) is 5.56 Å². The van der Waals surface area contributed by atoms with Gasteiger partial charge in [-0.1, -0.05) is 30.3 Å². The summed E-state index contributed by atoms with van der Waals surface area (Å²) in [6, 6.07) is 8.33. The lowest BCUT2D eigenvalue weighted by Crippen LogP contribution is -2.58. The van der Waals surface area contributed by atoms with E-state index in [4.69, 9.17) is 14.2 Å². The van der Waals surface area contributed by atoms with Crippen molar-refractivity contribution in [2.75, 3.05) is 13.2 Å². The van der Waals surface area contributed by atoms with E-state index in [2.05, 4.69) is 5.32 Å². The number of benzene rings is 1. The maximum atomic E-state index is 12.7. The molecule has 1 heterocycles. The number of nitrogens with one attached hydrogen (secondary N) is 1. The highest BCUT2D eigenvalue weighted by Crippen LogP contribution is 2.24. The molecular formula is C22H32N2O6. The molecule has 8 nitrogen and oxygen atoms in total. The number of likely N-dealkylation sites (tertiary alicyclic amines) is 1. The Morgan fingerprint density at radius 3 is 2.47 bits per heavy atom. The van der Waals surface area contributed by atoms with E-state index in [1.807, 2.05) is 30.3 Å². The largest absolute Gasteiger partial charge is 0.466 e. The summed E-state index contributed by atoms with van der Waals surface area (Å²) in [5.41, 5.74) is 0.204. The summed E-state index contributed by atoms with van der Waals surface area (Å²) in [6.07, 6.45) is 0.146. The minimum absolute atomic E-state index is 0.0310. The molecule has 2 atom stereocenters. The van der Waals surface area contributed by atoms with Crippen LogP contribution in [0.25, 0.3) is 0 Å². The third-order valence-corrected chi connectivity index (χ3v) is 4.60. The van der Waals surface area contributed by atoms with E-state index < -0.39 is 35.8 Å². The van der Waals surface area contributed by atoms with Gasteiger partial charge < -0.3 is 24.4 Å². The van der Waals surface area contributed by atoms with Gasteiger partial charge in [-0.15, -0.1) is 0 Å². The lowest BCUT2D eigenvalue weighted by Gasteiger charge is -2.41. The van der Waals surface area contributed by atoms with E-state index in [-0.39, 0.29) is 19.6 Å². The highest BCUT2D eigenvalue weighted by atomic mass is 16.6. The van der Waals surface area contributed by atoms with Crippen molar-refractivity contribution in [2.24, 2.45) is 0 Å². The molecule has 0 radical (unpaired) electrons. The topological polar surface area (TPSA) is 94.2 Å². The Bertz CT molecular complexity index is 716. The lowest BCUT2D eigenvalue weighted by atomic mass is 9.94. The predicted octanol–water partition coefficient (Wildman–Crippen LogP) is 3.63. The Hall–Kier alpha value is -2.77. The van der Waals surface area contributed by atoms with Crippen LogP contribution in [0.1, 0.15) is 52.5 Å². The minimum Gasteiger partial charge on any atom is -0.466 e. The Balaban J connectivity index is 2.06. The van der Waals surface area contributed by atoms with Gasteiger partial charge in [-0.2, -0.15) is 0 Å². The molecule has 1 aromatic rings. The number of alkyl carbamates (subject to hydrolysis) is 1. The highest BCUT2D eigenvalue weighted by molar-refractivity contribution is 5.74. The van der Waals surface area contributed by atoms with Gasteiger partial charge in [0, 0.05) is 6.54 Å². The summed E-state index contributed by atoms with van der Waals surface area (Å²) in [5, 5.41) is 2.82. The first kappa shape index (κ1) is 23.5. The third-order valence-electron chi connectivity index (χ3n) is 4.60. The number of carbonyl (C=O) groups excluding carboxylic acids is 3. The van der Waals surface area contributed by atoms with Crippen LogP contribution in [0, 0.1) is 0 Å². The summed E-state index contributed by atoms with van der Waals surface area (Å²) in [7, 11) is 0. The molecule has 8 heteroatoms.